The number of nitrogens with one attached hydrogen (secondary N) is 1. The molecular formula is C15H26N2O2. The van der Waals surface area contributed by atoms with Gasteiger partial charge in [0.2, 0.25) is 0 Å². The van der Waals surface area contributed by atoms with Crippen LogP contribution in [0.4, 0.5) is 0 Å². The molecule has 0 aliphatic carbocycles. The van der Waals surface area contributed by atoms with Crippen LogP contribution in [0, 0.1) is 11.3 Å². The van der Waals surface area contributed by atoms with Crippen LogP contribution < -0.4 is 5.56 Å². The van der Waals surface area contributed by atoms with Crippen molar-refractivity contribution in [3.05, 3.63) is 27.9 Å². The van der Waals surface area contributed by atoms with Gasteiger partial charge in [0.1, 0.15) is 11.9 Å². The molecule has 1 aromatic heterocycles. The fourth-order valence-electron chi connectivity index (χ4n) is 2.08. The Hall–Kier alpha value is -1.16. The Balaban J connectivity index is 3.16. The molecule has 0 amide bonds. The monoisotopic (exact) mass is 266 g/mol. The van der Waals surface area contributed by atoms with E-state index in [1.54, 1.807) is 6.07 Å². The van der Waals surface area contributed by atoms with Crippen molar-refractivity contribution in [3.63, 3.8) is 0 Å². The molecule has 4 heteroatoms. The molecular weight excluding hydrogens is 240 g/mol. The Morgan fingerprint density at radius 2 is 2.00 bits per heavy atom. The Bertz CT molecular complexity index is 458. The highest BCUT2D eigenvalue weighted by Gasteiger charge is 2.29. The fourth-order valence-corrected chi connectivity index (χ4v) is 2.08. The first kappa shape index (κ1) is 15.9. The van der Waals surface area contributed by atoms with E-state index in [1.165, 1.54) is 0 Å². The van der Waals surface area contributed by atoms with Gasteiger partial charge in [-0.2, -0.15) is 0 Å². The molecule has 0 spiro atoms. The highest BCUT2D eigenvalue weighted by molar-refractivity contribution is 5.07. The summed E-state index contributed by atoms with van der Waals surface area (Å²) in [5.74, 6) is 1.11. The van der Waals surface area contributed by atoms with Crippen LogP contribution in [0.25, 0.3) is 0 Å². The summed E-state index contributed by atoms with van der Waals surface area (Å²) in [5, 5.41) is 0. The molecule has 0 aliphatic rings. The molecule has 108 valence electrons. The van der Waals surface area contributed by atoms with Crippen LogP contribution in [-0.4, -0.2) is 16.6 Å². The molecule has 1 aromatic rings. The van der Waals surface area contributed by atoms with Crippen LogP contribution in [-0.2, 0) is 11.2 Å². The normalized spacial score (nSPS) is 13.8. The van der Waals surface area contributed by atoms with E-state index in [0.29, 0.717) is 18.3 Å². The number of ether oxygens (including phenoxy) is 1. The van der Waals surface area contributed by atoms with Crippen LogP contribution in [0.1, 0.15) is 59.2 Å². The van der Waals surface area contributed by atoms with Crippen molar-refractivity contribution in [1.82, 2.24) is 9.97 Å². The van der Waals surface area contributed by atoms with Crippen molar-refractivity contribution in [1.29, 1.82) is 0 Å². The zero-order chi connectivity index (χ0) is 14.6. The molecule has 1 heterocycles. The summed E-state index contributed by atoms with van der Waals surface area (Å²) >= 11 is 0. The van der Waals surface area contributed by atoms with Gasteiger partial charge in [0.15, 0.2) is 0 Å². The van der Waals surface area contributed by atoms with Gasteiger partial charge >= 0.3 is 0 Å². The molecule has 1 atom stereocenters. The summed E-state index contributed by atoms with van der Waals surface area (Å²) in [5.41, 5.74) is 0.625. The highest BCUT2D eigenvalue weighted by Crippen LogP contribution is 2.33. The highest BCUT2D eigenvalue weighted by atomic mass is 16.5. The molecule has 0 radical (unpaired) electrons. The smallest absolute Gasteiger partial charge is 0.251 e. The summed E-state index contributed by atoms with van der Waals surface area (Å²) < 4.78 is 5.77. The van der Waals surface area contributed by atoms with Gasteiger partial charge in [-0.25, -0.2) is 4.98 Å². The van der Waals surface area contributed by atoms with E-state index in [2.05, 4.69) is 44.6 Å². The molecule has 19 heavy (non-hydrogen) atoms. The molecule has 0 aliphatic heterocycles. The van der Waals surface area contributed by atoms with E-state index in [9.17, 15) is 4.79 Å². The topological polar surface area (TPSA) is 55.0 Å². The van der Waals surface area contributed by atoms with Gasteiger partial charge in [-0.05, 0) is 24.7 Å². The lowest BCUT2D eigenvalue weighted by Gasteiger charge is -2.29. The van der Waals surface area contributed by atoms with Crippen LogP contribution in [0.3, 0.4) is 0 Å². The summed E-state index contributed by atoms with van der Waals surface area (Å²) in [7, 11) is 0. The zero-order valence-electron chi connectivity index (χ0n) is 12.9. The molecule has 1 rings (SSSR count). The van der Waals surface area contributed by atoms with Crippen LogP contribution in [0.15, 0.2) is 10.9 Å². The third-order valence-electron chi connectivity index (χ3n) is 2.80. The van der Waals surface area contributed by atoms with E-state index in [-0.39, 0.29) is 17.1 Å². The van der Waals surface area contributed by atoms with Crippen molar-refractivity contribution in [2.45, 2.75) is 54.1 Å². The predicted molar refractivity (Wildman–Crippen MR) is 77.2 cm³/mol. The molecule has 0 bridgehead atoms. The SMILES string of the molecule is CCOC(c1nc(CC(C)C)cc(=O)[nH]1)C(C)(C)C. The van der Waals surface area contributed by atoms with E-state index in [0.717, 1.165) is 12.1 Å². The minimum atomic E-state index is -0.197. The molecule has 4 nitrogen and oxygen atoms in total. The number of aromatic nitrogens is 2. The summed E-state index contributed by atoms with van der Waals surface area (Å²) in [6, 6.07) is 1.58. The van der Waals surface area contributed by atoms with Crippen molar-refractivity contribution >= 4 is 0 Å². The second kappa shape index (κ2) is 6.33. The lowest BCUT2D eigenvalue weighted by molar-refractivity contribution is -0.0194. The molecule has 0 saturated heterocycles. The average Bonchev–Trinajstić information content (AvgIpc) is 2.22. The van der Waals surface area contributed by atoms with Crippen molar-refractivity contribution in [2.75, 3.05) is 6.61 Å². The quantitative estimate of drug-likeness (QED) is 0.891. The van der Waals surface area contributed by atoms with Crippen molar-refractivity contribution in [3.8, 4) is 0 Å². The summed E-state index contributed by atoms with van der Waals surface area (Å²) in [4.78, 5) is 19.2. The number of rotatable bonds is 5. The largest absolute Gasteiger partial charge is 0.370 e. The first-order valence-electron chi connectivity index (χ1n) is 6.95. The van der Waals surface area contributed by atoms with Gasteiger partial charge in [-0.15, -0.1) is 0 Å². The third kappa shape index (κ3) is 4.78. The molecule has 1 unspecified atom stereocenters. The molecule has 0 saturated carbocycles. The van der Waals surface area contributed by atoms with E-state index in [1.807, 2.05) is 6.92 Å². The third-order valence-corrected chi connectivity index (χ3v) is 2.80. The number of H-pyrrole nitrogens is 1. The Labute approximate surface area is 115 Å². The van der Waals surface area contributed by atoms with Gasteiger partial charge in [0, 0.05) is 18.4 Å². The zero-order valence-corrected chi connectivity index (χ0v) is 12.9. The lowest BCUT2D eigenvalue weighted by atomic mass is 9.88. The number of hydrogen-bond acceptors (Lipinski definition) is 3. The van der Waals surface area contributed by atoms with E-state index < -0.39 is 0 Å². The fraction of sp³-hybridized carbons (Fsp3) is 0.733. The Morgan fingerprint density at radius 3 is 2.47 bits per heavy atom. The van der Waals surface area contributed by atoms with Crippen molar-refractivity contribution < 1.29 is 4.74 Å². The van der Waals surface area contributed by atoms with Crippen molar-refractivity contribution in [2.24, 2.45) is 11.3 Å². The number of nitrogens with zero attached hydrogens (tertiary/aromatic N) is 1. The van der Waals surface area contributed by atoms with Gasteiger partial charge < -0.3 is 9.72 Å². The molecule has 1 N–H and O–H groups in total. The molecule has 0 fully saturated rings. The van der Waals surface area contributed by atoms with E-state index >= 15 is 0 Å². The van der Waals surface area contributed by atoms with Crippen LogP contribution in [0.5, 0.6) is 0 Å². The number of aromatic amines is 1. The second-order valence-electron chi connectivity index (χ2n) is 6.42. The van der Waals surface area contributed by atoms with E-state index in [4.69, 9.17) is 4.74 Å². The van der Waals surface area contributed by atoms with Gasteiger partial charge in [0.25, 0.3) is 5.56 Å². The van der Waals surface area contributed by atoms with Gasteiger partial charge in [0.05, 0.1) is 0 Å². The van der Waals surface area contributed by atoms with Gasteiger partial charge in [-0.3, -0.25) is 4.79 Å². The molecule has 0 aromatic carbocycles. The average molecular weight is 266 g/mol. The minimum absolute atomic E-state index is 0.102. The minimum Gasteiger partial charge on any atom is -0.370 e. The predicted octanol–water partition coefficient (Wildman–Crippen LogP) is 3.09. The second-order valence-corrected chi connectivity index (χ2v) is 6.42. The van der Waals surface area contributed by atoms with Crippen LogP contribution in [0.2, 0.25) is 0 Å². The maximum Gasteiger partial charge on any atom is 0.251 e. The lowest BCUT2D eigenvalue weighted by Crippen LogP contribution is -2.26. The maximum absolute atomic E-state index is 11.8. The van der Waals surface area contributed by atoms with Crippen LogP contribution >= 0.6 is 0 Å². The Morgan fingerprint density at radius 1 is 1.37 bits per heavy atom. The standard InChI is InChI=1S/C15H26N2O2/c1-7-19-13(15(4,5)6)14-16-11(8-10(2)3)9-12(18)17-14/h9-10,13H,7-8H2,1-6H3,(H,16,17,18). The summed E-state index contributed by atoms with van der Waals surface area (Å²) in [6.07, 6.45) is 0.609. The summed E-state index contributed by atoms with van der Waals surface area (Å²) in [6.45, 7) is 13.0. The van der Waals surface area contributed by atoms with Gasteiger partial charge in [-0.1, -0.05) is 34.6 Å². The Kier molecular flexibility index (Phi) is 5.29. The maximum atomic E-state index is 11.8. The first-order valence-corrected chi connectivity index (χ1v) is 6.95. The first-order chi connectivity index (χ1) is 8.74. The number of hydrogen-bond donors (Lipinski definition) is 1.